The lowest BCUT2D eigenvalue weighted by Crippen LogP contribution is -2.28. The van der Waals surface area contributed by atoms with Gasteiger partial charge in [-0.15, -0.1) is 0 Å². The van der Waals surface area contributed by atoms with Crippen molar-refractivity contribution < 1.29 is 19.4 Å². The van der Waals surface area contributed by atoms with Crippen molar-refractivity contribution in [2.24, 2.45) is 0 Å². The number of hydrogen-bond acceptors (Lipinski definition) is 4. The van der Waals surface area contributed by atoms with Crippen LogP contribution in [0.5, 0.6) is 5.75 Å². The Morgan fingerprint density at radius 2 is 1.80 bits per heavy atom. The molecular weight excluding hydrogens is 320 g/mol. The third-order valence-electron chi connectivity index (χ3n) is 3.67. The number of ketones is 1. The third-order valence-corrected chi connectivity index (χ3v) is 3.67. The minimum atomic E-state index is -1.05. The number of amides is 1. The van der Waals surface area contributed by atoms with Crippen LogP contribution < -0.4 is 4.74 Å². The summed E-state index contributed by atoms with van der Waals surface area (Å²) in [6, 6.07) is 15.7. The number of benzene rings is 2. The number of nitriles is 1. The van der Waals surface area contributed by atoms with E-state index in [1.807, 2.05) is 18.2 Å². The first-order valence-corrected chi connectivity index (χ1v) is 7.63. The van der Waals surface area contributed by atoms with Crippen molar-refractivity contribution in [1.29, 1.82) is 5.26 Å². The van der Waals surface area contributed by atoms with Crippen LogP contribution >= 0.6 is 0 Å². The quantitative estimate of drug-likeness (QED) is 0.781. The van der Waals surface area contributed by atoms with Gasteiger partial charge in [-0.05, 0) is 29.3 Å². The van der Waals surface area contributed by atoms with Crippen molar-refractivity contribution in [2.45, 2.75) is 19.5 Å². The molecule has 0 unspecified atom stereocenters. The molecule has 0 aliphatic rings. The summed E-state index contributed by atoms with van der Waals surface area (Å²) in [6.45, 7) is 0.366. The van der Waals surface area contributed by atoms with E-state index >= 15 is 0 Å². The van der Waals surface area contributed by atoms with E-state index in [2.05, 4.69) is 0 Å². The Kier molecular flexibility index (Phi) is 6.13. The Bertz CT molecular complexity index is 794. The molecule has 0 fully saturated rings. The number of rotatable bonds is 7. The van der Waals surface area contributed by atoms with E-state index in [-0.39, 0.29) is 25.3 Å². The van der Waals surface area contributed by atoms with Gasteiger partial charge in [0.15, 0.2) is 5.78 Å². The number of nitrogens with zero attached hydrogens (tertiary/aromatic N) is 2. The Hall–Kier alpha value is -3.33. The number of methoxy groups -OCH3 is 1. The summed E-state index contributed by atoms with van der Waals surface area (Å²) in [6.07, 6.45) is -1.25. The molecule has 0 saturated carbocycles. The highest BCUT2D eigenvalue weighted by atomic mass is 16.5. The highest BCUT2D eigenvalue weighted by Gasteiger charge is 2.14. The predicted octanol–water partition coefficient (Wildman–Crippen LogP) is 3.47. The van der Waals surface area contributed by atoms with E-state index in [0.29, 0.717) is 16.9 Å². The zero-order valence-electron chi connectivity index (χ0n) is 13.8. The zero-order valence-corrected chi connectivity index (χ0v) is 13.8. The van der Waals surface area contributed by atoms with Crippen LogP contribution in [0.4, 0.5) is 4.79 Å². The molecule has 0 aliphatic carbocycles. The Labute approximate surface area is 145 Å². The van der Waals surface area contributed by atoms with E-state index in [1.165, 1.54) is 4.90 Å². The van der Waals surface area contributed by atoms with Crippen LogP contribution in [0.3, 0.4) is 0 Å². The minimum Gasteiger partial charge on any atom is -0.497 e. The molecule has 2 aromatic carbocycles. The average molecular weight is 338 g/mol. The molecule has 0 atom stereocenters. The van der Waals surface area contributed by atoms with Crippen molar-refractivity contribution in [2.75, 3.05) is 7.11 Å². The van der Waals surface area contributed by atoms with Gasteiger partial charge in [-0.1, -0.05) is 30.3 Å². The van der Waals surface area contributed by atoms with E-state index in [4.69, 9.17) is 10.00 Å². The molecule has 1 amide bonds. The van der Waals surface area contributed by atoms with E-state index in [1.54, 1.807) is 43.5 Å². The number of hydrogen-bond donors (Lipinski definition) is 1. The SMILES string of the molecule is COc1ccc(CN(Cc2cccc(C(=O)CC#N)c2)C(=O)O)cc1. The van der Waals surface area contributed by atoms with Crippen molar-refractivity contribution in [3.05, 3.63) is 65.2 Å². The number of Topliss-reactive ketones (excluding diaryl/α,β-unsaturated/α-hetero) is 1. The zero-order chi connectivity index (χ0) is 18.2. The number of ether oxygens (including phenoxy) is 1. The fraction of sp³-hybridized carbons (Fsp3) is 0.211. The van der Waals surface area contributed by atoms with Crippen molar-refractivity contribution in [1.82, 2.24) is 4.90 Å². The van der Waals surface area contributed by atoms with Crippen LogP contribution in [0.15, 0.2) is 48.5 Å². The van der Waals surface area contributed by atoms with Gasteiger partial charge in [-0.3, -0.25) is 9.69 Å². The minimum absolute atomic E-state index is 0.148. The molecule has 0 bridgehead atoms. The van der Waals surface area contributed by atoms with Gasteiger partial charge >= 0.3 is 6.09 Å². The summed E-state index contributed by atoms with van der Waals surface area (Å²) in [4.78, 5) is 24.6. The summed E-state index contributed by atoms with van der Waals surface area (Å²) in [5.41, 5.74) is 1.94. The second-order valence-corrected chi connectivity index (χ2v) is 5.45. The smallest absolute Gasteiger partial charge is 0.407 e. The van der Waals surface area contributed by atoms with Crippen LogP contribution in [-0.4, -0.2) is 29.0 Å². The first kappa shape index (κ1) is 18.0. The van der Waals surface area contributed by atoms with Crippen molar-refractivity contribution >= 4 is 11.9 Å². The standard InChI is InChI=1S/C19H18N2O4/c1-25-17-7-5-14(6-8-17)12-21(19(23)24)13-15-3-2-4-16(11-15)18(22)9-10-20/h2-8,11H,9,12-13H2,1H3,(H,23,24). The van der Waals surface area contributed by atoms with E-state index < -0.39 is 6.09 Å². The van der Waals surface area contributed by atoms with Crippen molar-refractivity contribution in [3.63, 3.8) is 0 Å². The fourth-order valence-corrected chi connectivity index (χ4v) is 2.38. The van der Waals surface area contributed by atoms with E-state index in [0.717, 1.165) is 5.56 Å². The molecule has 2 rings (SSSR count). The van der Waals surface area contributed by atoms with Crippen LogP contribution in [0.25, 0.3) is 0 Å². The summed E-state index contributed by atoms with van der Waals surface area (Å²) in [5.74, 6) is 0.427. The molecule has 2 aromatic rings. The lowest BCUT2D eigenvalue weighted by Gasteiger charge is -2.20. The maximum absolute atomic E-state index is 11.8. The van der Waals surface area contributed by atoms with E-state index in [9.17, 15) is 14.7 Å². The van der Waals surface area contributed by atoms with Gasteiger partial charge in [0.05, 0.1) is 19.6 Å². The Balaban J connectivity index is 2.13. The van der Waals surface area contributed by atoms with Gasteiger partial charge in [0.25, 0.3) is 0 Å². The van der Waals surface area contributed by atoms with Gasteiger partial charge < -0.3 is 9.84 Å². The molecular formula is C19H18N2O4. The maximum Gasteiger partial charge on any atom is 0.407 e. The van der Waals surface area contributed by atoms with Crippen LogP contribution in [0.1, 0.15) is 27.9 Å². The lowest BCUT2D eigenvalue weighted by molar-refractivity contribution is 0.0997. The van der Waals surface area contributed by atoms with Crippen LogP contribution in [0.2, 0.25) is 0 Å². The van der Waals surface area contributed by atoms with Gasteiger partial charge in [-0.25, -0.2) is 4.79 Å². The average Bonchev–Trinajstić information content (AvgIpc) is 2.62. The summed E-state index contributed by atoms with van der Waals surface area (Å²) in [5, 5.41) is 18.1. The molecule has 0 saturated heterocycles. The normalized spacial score (nSPS) is 9.92. The molecule has 0 aromatic heterocycles. The molecule has 0 radical (unpaired) electrons. The van der Waals surface area contributed by atoms with Crippen molar-refractivity contribution in [3.8, 4) is 11.8 Å². The first-order chi connectivity index (χ1) is 12.0. The molecule has 25 heavy (non-hydrogen) atoms. The van der Waals surface area contributed by atoms with Crippen LogP contribution in [-0.2, 0) is 13.1 Å². The van der Waals surface area contributed by atoms with Gasteiger partial charge in [0, 0.05) is 18.7 Å². The first-order valence-electron chi connectivity index (χ1n) is 7.63. The molecule has 128 valence electrons. The highest BCUT2D eigenvalue weighted by Crippen LogP contribution is 2.16. The van der Waals surface area contributed by atoms with Crippen LogP contribution in [0, 0.1) is 11.3 Å². The molecule has 0 aliphatic heterocycles. The highest BCUT2D eigenvalue weighted by molar-refractivity contribution is 5.97. The summed E-state index contributed by atoms with van der Waals surface area (Å²) < 4.78 is 5.09. The Morgan fingerprint density at radius 1 is 1.12 bits per heavy atom. The number of carbonyl (C=O) groups is 2. The molecule has 6 heteroatoms. The van der Waals surface area contributed by atoms with Gasteiger partial charge in [0.2, 0.25) is 0 Å². The van der Waals surface area contributed by atoms with Gasteiger partial charge in [-0.2, -0.15) is 5.26 Å². The predicted molar refractivity (Wildman–Crippen MR) is 91.3 cm³/mol. The number of carbonyl (C=O) groups excluding carboxylic acids is 1. The summed E-state index contributed by atoms with van der Waals surface area (Å²) in [7, 11) is 1.57. The molecule has 0 spiro atoms. The summed E-state index contributed by atoms with van der Waals surface area (Å²) >= 11 is 0. The Morgan fingerprint density at radius 3 is 2.40 bits per heavy atom. The second-order valence-electron chi connectivity index (χ2n) is 5.45. The molecule has 6 nitrogen and oxygen atoms in total. The number of carboxylic acid groups (broad SMARTS) is 1. The third kappa shape index (κ3) is 5.08. The fourth-order valence-electron chi connectivity index (χ4n) is 2.38. The van der Waals surface area contributed by atoms with Gasteiger partial charge in [0.1, 0.15) is 5.75 Å². The monoisotopic (exact) mass is 338 g/mol. The lowest BCUT2D eigenvalue weighted by atomic mass is 10.1. The second kappa shape index (κ2) is 8.50. The molecule has 0 heterocycles. The largest absolute Gasteiger partial charge is 0.497 e. The topological polar surface area (TPSA) is 90.6 Å². The maximum atomic E-state index is 11.8. The molecule has 1 N–H and O–H groups in total.